The fourth-order valence-electron chi connectivity index (χ4n) is 2.29. The number of hydrazone groups is 1. The molecule has 7 heteroatoms. The summed E-state index contributed by atoms with van der Waals surface area (Å²) < 4.78 is 5.39. The van der Waals surface area contributed by atoms with E-state index < -0.39 is 4.92 Å². The van der Waals surface area contributed by atoms with Crippen LogP contribution in [0.4, 0.5) is 5.69 Å². The number of nitro groups is 1. The minimum absolute atomic E-state index is 0.0143. The zero-order valence-corrected chi connectivity index (χ0v) is 14.6. The van der Waals surface area contributed by atoms with Gasteiger partial charge >= 0.3 is 0 Å². The van der Waals surface area contributed by atoms with Gasteiger partial charge < -0.3 is 4.74 Å². The standard InChI is InChI=1S/C19H21N3O4/c1-2-26-18-12-8-15(9-13-18)4-3-5-19(23)21-20-14-16-6-10-17(11-7-16)22(24)25/h6-14H,2-5H2,1H3,(H,21,23)/b20-14+. The molecule has 2 aromatic rings. The van der Waals surface area contributed by atoms with Gasteiger partial charge in [-0.3, -0.25) is 14.9 Å². The van der Waals surface area contributed by atoms with Crippen molar-refractivity contribution in [2.45, 2.75) is 26.2 Å². The van der Waals surface area contributed by atoms with Crippen molar-refractivity contribution in [1.29, 1.82) is 0 Å². The number of hydrogen-bond donors (Lipinski definition) is 1. The molecule has 1 amide bonds. The third-order valence-corrected chi connectivity index (χ3v) is 3.61. The number of carbonyl (C=O) groups excluding carboxylic acids is 1. The van der Waals surface area contributed by atoms with Crippen LogP contribution in [-0.4, -0.2) is 23.7 Å². The second-order valence-electron chi connectivity index (χ2n) is 5.57. The van der Waals surface area contributed by atoms with Crippen molar-refractivity contribution in [2.24, 2.45) is 5.10 Å². The van der Waals surface area contributed by atoms with E-state index in [1.807, 2.05) is 31.2 Å². The third-order valence-electron chi connectivity index (χ3n) is 3.61. The number of amides is 1. The highest BCUT2D eigenvalue weighted by atomic mass is 16.6. The highest BCUT2D eigenvalue weighted by Crippen LogP contribution is 2.14. The van der Waals surface area contributed by atoms with Crippen molar-refractivity contribution in [1.82, 2.24) is 5.43 Å². The Morgan fingerprint density at radius 1 is 1.19 bits per heavy atom. The molecule has 7 nitrogen and oxygen atoms in total. The number of non-ortho nitro benzene ring substituents is 1. The molecule has 0 aliphatic heterocycles. The van der Waals surface area contributed by atoms with Crippen molar-refractivity contribution in [2.75, 3.05) is 6.61 Å². The van der Waals surface area contributed by atoms with E-state index >= 15 is 0 Å². The zero-order valence-electron chi connectivity index (χ0n) is 14.6. The van der Waals surface area contributed by atoms with Crippen molar-refractivity contribution in [3.8, 4) is 5.75 Å². The van der Waals surface area contributed by atoms with Gasteiger partial charge in [-0.25, -0.2) is 5.43 Å². The molecule has 1 N–H and O–H groups in total. The number of nitrogens with one attached hydrogen (secondary N) is 1. The number of carbonyl (C=O) groups is 1. The Morgan fingerprint density at radius 2 is 1.88 bits per heavy atom. The molecule has 2 rings (SSSR count). The van der Waals surface area contributed by atoms with Crippen LogP contribution in [0.5, 0.6) is 5.75 Å². The van der Waals surface area contributed by atoms with Crippen LogP contribution in [0, 0.1) is 10.1 Å². The van der Waals surface area contributed by atoms with Gasteiger partial charge in [-0.15, -0.1) is 0 Å². The van der Waals surface area contributed by atoms with E-state index in [2.05, 4.69) is 10.5 Å². The van der Waals surface area contributed by atoms with Gasteiger partial charge in [0, 0.05) is 18.6 Å². The third kappa shape index (κ3) is 6.35. The maximum Gasteiger partial charge on any atom is 0.269 e. The Hall–Kier alpha value is -3.22. The molecule has 0 unspecified atom stereocenters. The number of benzene rings is 2. The van der Waals surface area contributed by atoms with Crippen LogP contribution < -0.4 is 10.2 Å². The average molecular weight is 355 g/mol. The normalized spacial score (nSPS) is 10.7. The first-order valence-electron chi connectivity index (χ1n) is 8.36. The number of nitro benzene ring substituents is 1. The van der Waals surface area contributed by atoms with E-state index in [1.54, 1.807) is 12.1 Å². The van der Waals surface area contributed by atoms with Crippen molar-refractivity contribution in [3.63, 3.8) is 0 Å². The largest absolute Gasteiger partial charge is 0.494 e. The lowest BCUT2D eigenvalue weighted by Gasteiger charge is -2.05. The van der Waals surface area contributed by atoms with Crippen LogP contribution in [0.15, 0.2) is 53.6 Å². The summed E-state index contributed by atoms with van der Waals surface area (Å²) in [6.07, 6.45) is 3.33. The van der Waals surface area contributed by atoms with E-state index in [-0.39, 0.29) is 11.6 Å². The van der Waals surface area contributed by atoms with Gasteiger partial charge in [0.1, 0.15) is 5.75 Å². The van der Waals surface area contributed by atoms with E-state index in [1.165, 1.54) is 18.3 Å². The second-order valence-corrected chi connectivity index (χ2v) is 5.57. The highest BCUT2D eigenvalue weighted by molar-refractivity contribution is 5.82. The Labute approximate surface area is 151 Å². The number of rotatable bonds is 9. The first-order valence-corrected chi connectivity index (χ1v) is 8.36. The van der Waals surface area contributed by atoms with E-state index in [4.69, 9.17) is 4.74 Å². The van der Waals surface area contributed by atoms with Gasteiger partial charge in [-0.1, -0.05) is 12.1 Å². The van der Waals surface area contributed by atoms with Crippen LogP contribution >= 0.6 is 0 Å². The van der Waals surface area contributed by atoms with Crippen LogP contribution in [0.2, 0.25) is 0 Å². The molecule has 2 aromatic carbocycles. The molecule has 0 radical (unpaired) electrons. The molecule has 0 aromatic heterocycles. The van der Waals surface area contributed by atoms with Crippen LogP contribution in [0.3, 0.4) is 0 Å². The van der Waals surface area contributed by atoms with E-state index in [9.17, 15) is 14.9 Å². The maximum atomic E-state index is 11.8. The topological polar surface area (TPSA) is 93.8 Å². The van der Waals surface area contributed by atoms with Gasteiger partial charge in [-0.2, -0.15) is 5.10 Å². The summed E-state index contributed by atoms with van der Waals surface area (Å²) in [5.41, 5.74) is 4.29. The van der Waals surface area contributed by atoms with E-state index in [0.29, 0.717) is 25.0 Å². The highest BCUT2D eigenvalue weighted by Gasteiger charge is 2.03. The summed E-state index contributed by atoms with van der Waals surface area (Å²) in [7, 11) is 0. The summed E-state index contributed by atoms with van der Waals surface area (Å²) in [6, 6.07) is 13.8. The average Bonchev–Trinajstić information content (AvgIpc) is 2.64. The SMILES string of the molecule is CCOc1ccc(CCCC(=O)N/N=C/c2ccc([N+](=O)[O-])cc2)cc1. The minimum Gasteiger partial charge on any atom is -0.494 e. The number of ether oxygens (including phenoxy) is 1. The summed E-state index contributed by atoms with van der Waals surface area (Å²) in [4.78, 5) is 21.9. The molecule has 0 aliphatic carbocycles. The lowest BCUT2D eigenvalue weighted by molar-refractivity contribution is -0.384. The summed E-state index contributed by atoms with van der Waals surface area (Å²) in [5, 5.41) is 14.4. The van der Waals surface area contributed by atoms with Gasteiger partial charge in [0.15, 0.2) is 0 Å². The zero-order chi connectivity index (χ0) is 18.8. The van der Waals surface area contributed by atoms with Crippen LogP contribution in [-0.2, 0) is 11.2 Å². The van der Waals surface area contributed by atoms with Crippen LogP contribution in [0.25, 0.3) is 0 Å². The molecule has 0 bridgehead atoms. The summed E-state index contributed by atoms with van der Waals surface area (Å²) >= 11 is 0. The predicted octanol–water partition coefficient (Wildman–Crippen LogP) is 3.47. The number of aryl methyl sites for hydroxylation is 1. The van der Waals surface area contributed by atoms with Crippen molar-refractivity contribution >= 4 is 17.8 Å². The molecule has 0 saturated carbocycles. The first-order chi connectivity index (χ1) is 12.6. The quantitative estimate of drug-likeness (QED) is 0.423. The fraction of sp³-hybridized carbons (Fsp3) is 0.263. The van der Waals surface area contributed by atoms with Crippen LogP contribution in [0.1, 0.15) is 30.9 Å². The molecule has 26 heavy (non-hydrogen) atoms. The fourth-order valence-corrected chi connectivity index (χ4v) is 2.29. The molecular formula is C19H21N3O4. The van der Waals surface area contributed by atoms with E-state index in [0.717, 1.165) is 17.7 Å². The molecule has 0 saturated heterocycles. The molecule has 0 aliphatic rings. The monoisotopic (exact) mass is 355 g/mol. The minimum atomic E-state index is -0.465. The summed E-state index contributed by atoms with van der Waals surface area (Å²) in [6.45, 7) is 2.58. The molecule has 0 heterocycles. The van der Waals surface area contributed by atoms with Gasteiger partial charge in [0.2, 0.25) is 5.91 Å². The Morgan fingerprint density at radius 3 is 2.50 bits per heavy atom. The summed E-state index contributed by atoms with van der Waals surface area (Å²) in [5.74, 6) is 0.670. The first kappa shape index (κ1) is 19.1. The molecule has 0 spiro atoms. The van der Waals surface area contributed by atoms with Gasteiger partial charge in [0.05, 0.1) is 17.7 Å². The smallest absolute Gasteiger partial charge is 0.269 e. The van der Waals surface area contributed by atoms with Crippen molar-refractivity contribution < 1.29 is 14.5 Å². The second kappa shape index (κ2) is 9.93. The van der Waals surface area contributed by atoms with Crippen molar-refractivity contribution in [3.05, 3.63) is 69.8 Å². The Bertz CT molecular complexity index is 755. The predicted molar refractivity (Wildman–Crippen MR) is 99.4 cm³/mol. The number of hydrogen-bond acceptors (Lipinski definition) is 5. The maximum absolute atomic E-state index is 11.8. The van der Waals surface area contributed by atoms with Gasteiger partial charge in [0.25, 0.3) is 5.69 Å². The molecule has 0 fully saturated rings. The number of nitrogens with zero attached hydrogens (tertiary/aromatic N) is 2. The Balaban J connectivity index is 1.70. The lowest BCUT2D eigenvalue weighted by atomic mass is 10.1. The molecule has 136 valence electrons. The lowest BCUT2D eigenvalue weighted by Crippen LogP contribution is -2.17. The molecular weight excluding hydrogens is 334 g/mol. The molecule has 0 atom stereocenters. The van der Waals surface area contributed by atoms with Gasteiger partial charge in [-0.05, 0) is 55.2 Å². The Kier molecular flexibility index (Phi) is 7.30.